The quantitative estimate of drug-likeness (QED) is 0.925. The van der Waals surface area contributed by atoms with Crippen LogP contribution < -0.4 is 5.32 Å². The molecule has 0 aliphatic rings. The van der Waals surface area contributed by atoms with Gasteiger partial charge in [0.2, 0.25) is 0 Å². The molecule has 0 amide bonds. The van der Waals surface area contributed by atoms with Gasteiger partial charge in [-0.15, -0.1) is 0 Å². The molecule has 2 rings (SSSR count). The number of halogens is 1. The van der Waals surface area contributed by atoms with Gasteiger partial charge in [0.05, 0.1) is 6.54 Å². The summed E-state index contributed by atoms with van der Waals surface area (Å²) in [6.45, 7) is 3.55. The minimum Gasteiger partial charge on any atom is -0.465 e. The third-order valence-corrected chi connectivity index (χ3v) is 3.14. The third kappa shape index (κ3) is 2.97. The number of nitrogens with one attached hydrogen (secondary N) is 1. The van der Waals surface area contributed by atoms with Gasteiger partial charge in [-0.2, -0.15) is 0 Å². The fourth-order valence-corrected chi connectivity index (χ4v) is 1.97. The molecule has 0 atom stereocenters. The van der Waals surface area contributed by atoms with E-state index in [0.717, 1.165) is 29.1 Å². The highest BCUT2D eigenvalue weighted by Gasteiger charge is 2.00. The van der Waals surface area contributed by atoms with Crippen molar-refractivity contribution in [3.8, 4) is 0 Å². The predicted octanol–water partition coefficient (Wildman–Crippen LogP) is 3.64. The van der Waals surface area contributed by atoms with Gasteiger partial charge in [0.15, 0.2) is 0 Å². The molecule has 0 aliphatic heterocycles. The van der Waals surface area contributed by atoms with E-state index in [-0.39, 0.29) is 0 Å². The van der Waals surface area contributed by atoms with Crippen molar-refractivity contribution in [2.75, 3.05) is 0 Å². The van der Waals surface area contributed by atoms with Gasteiger partial charge < -0.3 is 9.73 Å². The van der Waals surface area contributed by atoms with Crippen molar-refractivity contribution in [3.05, 3.63) is 58.0 Å². The largest absolute Gasteiger partial charge is 0.465 e. The maximum atomic E-state index is 5.48. The first-order valence-corrected chi connectivity index (χ1v) is 6.04. The van der Waals surface area contributed by atoms with Crippen LogP contribution in [0.3, 0.4) is 0 Å². The average molecular weight is 280 g/mol. The third-order valence-electron chi connectivity index (χ3n) is 2.37. The van der Waals surface area contributed by atoms with Gasteiger partial charge >= 0.3 is 0 Å². The van der Waals surface area contributed by atoms with Crippen LogP contribution >= 0.6 is 15.9 Å². The molecule has 0 bridgehead atoms. The molecule has 16 heavy (non-hydrogen) atoms. The Hall–Kier alpha value is -1.06. The second-order valence-electron chi connectivity index (χ2n) is 3.71. The van der Waals surface area contributed by atoms with E-state index in [2.05, 4.69) is 27.3 Å². The molecule has 1 aromatic carbocycles. The predicted molar refractivity (Wildman–Crippen MR) is 68.1 cm³/mol. The lowest BCUT2D eigenvalue weighted by Gasteiger charge is -2.05. The summed E-state index contributed by atoms with van der Waals surface area (Å²) in [7, 11) is 0. The summed E-state index contributed by atoms with van der Waals surface area (Å²) in [5, 5.41) is 3.35. The van der Waals surface area contributed by atoms with Crippen molar-refractivity contribution in [2.45, 2.75) is 20.0 Å². The number of furan rings is 1. The van der Waals surface area contributed by atoms with Crippen molar-refractivity contribution in [2.24, 2.45) is 0 Å². The molecule has 3 heteroatoms. The first-order valence-electron chi connectivity index (χ1n) is 5.25. The van der Waals surface area contributed by atoms with Crippen LogP contribution in [-0.2, 0) is 13.1 Å². The molecule has 0 unspecified atom stereocenters. The normalized spacial score (nSPS) is 10.6. The summed E-state index contributed by atoms with van der Waals surface area (Å²) in [5.74, 6) is 1.93. The average Bonchev–Trinajstić information content (AvgIpc) is 2.67. The van der Waals surface area contributed by atoms with Crippen molar-refractivity contribution in [3.63, 3.8) is 0 Å². The minimum atomic E-state index is 0.759. The molecule has 0 saturated heterocycles. The molecule has 0 fully saturated rings. The summed E-state index contributed by atoms with van der Waals surface area (Å²) in [6, 6.07) is 12.2. The molecule has 0 aliphatic carbocycles. The zero-order chi connectivity index (χ0) is 11.4. The maximum Gasteiger partial charge on any atom is 0.117 e. The number of rotatable bonds is 4. The summed E-state index contributed by atoms with van der Waals surface area (Å²) >= 11 is 3.52. The zero-order valence-electron chi connectivity index (χ0n) is 9.16. The fourth-order valence-electron chi connectivity index (χ4n) is 1.54. The Bertz CT molecular complexity index is 464. The van der Waals surface area contributed by atoms with Crippen LogP contribution in [0.5, 0.6) is 0 Å². The van der Waals surface area contributed by atoms with Gasteiger partial charge in [-0.1, -0.05) is 34.1 Å². The molecule has 0 saturated carbocycles. The Labute approximate surface area is 104 Å². The first kappa shape index (κ1) is 11.4. The van der Waals surface area contributed by atoms with Crippen LogP contribution in [0.1, 0.15) is 17.1 Å². The smallest absolute Gasteiger partial charge is 0.117 e. The van der Waals surface area contributed by atoms with E-state index in [4.69, 9.17) is 4.42 Å². The summed E-state index contributed by atoms with van der Waals surface area (Å²) in [5.41, 5.74) is 1.26. The van der Waals surface area contributed by atoms with E-state index >= 15 is 0 Å². The van der Waals surface area contributed by atoms with Crippen LogP contribution in [0.2, 0.25) is 0 Å². The molecule has 1 aromatic heterocycles. The molecule has 2 aromatic rings. The molecule has 0 radical (unpaired) electrons. The highest BCUT2D eigenvalue weighted by molar-refractivity contribution is 9.10. The molecular formula is C13H14BrNO. The summed E-state index contributed by atoms with van der Waals surface area (Å²) < 4.78 is 6.61. The molecule has 1 heterocycles. The van der Waals surface area contributed by atoms with Gasteiger partial charge in [-0.05, 0) is 30.7 Å². The van der Waals surface area contributed by atoms with Gasteiger partial charge in [-0.25, -0.2) is 0 Å². The zero-order valence-corrected chi connectivity index (χ0v) is 10.8. The van der Waals surface area contributed by atoms with Crippen LogP contribution in [-0.4, -0.2) is 0 Å². The van der Waals surface area contributed by atoms with E-state index in [1.807, 2.05) is 37.3 Å². The Kier molecular flexibility index (Phi) is 3.80. The Morgan fingerprint density at radius 2 is 1.94 bits per heavy atom. The fraction of sp³-hybridized carbons (Fsp3) is 0.231. The highest BCUT2D eigenvalue weighted by Crippen LogP contribution is 2.15. The number of aryl methyl sites for hydroxylation is 1. The van der Waals surface area contributed by atoms with Crippen LogP contribution in [0.4, 0.5) is 0 Å². The number of hydrogen-bond acceptors (Lipinski definition) is 2. The number of hydrogen-bond donors (Lipinski definition) is 1. The molecule has 1 N–H and O–H groups in total. The second-order valence-corrected chi connectivity index (χ2v) is 4.56. The van der Waals surface area contributed by atoms with Crippen LogP contribution in [0.15, 0.2) is 45.3 Å². The van der Waals surface area contributed by atoms with E-state index in [9.17, 15) is 0 Å². The lowest BCUT2D eigenvalue weighted by Crippen LogP contribution is -2.12. The Morgan fingerprint density at radius 3 is 2.62 bits per heavy atom. The molecule has 84 valence electrons. The lowest BCUT2D eigenvalue weighted by molar-refractivity contribution is 0.461. The summed E-state index contributed by atoms with van der Waals surface area (Å²) in [4.78, 5) is 0. The molecular weight excluding hydrogens is 266 g/mol. The Balaban J connectivity index is 1.87. The van der Waals surface area contributed by atoms with Gasteiger partial charge in [0, 0.05) is 11.0 Å². The van der Waals surface area contributed by atoms with Crippen molar-refractivity contribution >= 4 is 15.9 Å². The Morgan fingerprint density at radius 1 is 1.12 bits per heavy atom. The van der Waals surface area contributed by atoms with Crippen LogP contribution in [0, 0.1) is 6.92 Å². The second kappa shape index (κ2) is 5.32. The first-order chi connectivity index (χ1) is 7.75. The van der Waals surface area contributed by atoms with Crippen molar-refractivity contribution in [1.82, 2.24) is 5.32 Å². The number of benzene rings is 1. The van der Waals surface area contributed by atoms with Gasteiger partial charge in [0.25, 0.3) is 0 Å². The van der Waals surface area contributed by atoms with Gasteiger partial charge in [-0.3, -0.25) is 0 Å². The highest BCUT2D eigenvalue weighted by atomic mass is 79.9. The topological polar surface area (TPSA) is 25.2 Å². The van der Waals surface area contributed by atoms with E-state index in [1.165, 1.54) is 5.56 Å². The molecule has 0 spiro atoms. The summed E-state index contributed by atoms with van der Waals surface area (Å²) in [6.07, 6.45) is 0. The lowest BCUT2D eigenvalue weighted by atomic mass is 10.2. The van der Waals surface area contributed by atoms with E-state index < -0.39 is 0 Å². The van der Waals surface area contributed by atoms with E-state index in [1.54, 1.807) is 0 Å². The monoisotopic (exact) mass is 279 g/mol. The standard InChI is InChI=1S/C13H14BrNO/c1-10-6-7-12(16-10)9-15-8-11-4-2-3-5-13(11)14/h2-7,15H,8-9H2,1H3. The van der Waals surface area contributed by atoms with E-state index in [0.29, 0.717) is 0 Å². The van der Waals surface area contributed by atoms with Crippen molar-refractivity contribution in [1.29, 1.82) is 0 Å². The van der Waals surface area contributed by atoms with Crippen LogP contribution in [0.25, 0.3) is 0 Å². The minimum absolute atomic E-state index is 0.759. The SMILES string of the molecule is Cc1ccc(CNCc2ccccc2Br)o1. The van der Waals surface area contributed by atoms with Gasteiger partial charge in [0.1, 0.15) is 11.5 Å². The maximum absolute atomic E-state index is 5.48. The van der Waals surface area contributed by atoms with Crippen molar-refractivity contribution < 1.29 is 4.42 Å². The molecule has 2 nitrogen and oxygen atoms in total.